The number of carbonyl (C=O) groups excluding carboxylic acids is 2. The summed E-state index contributed by atoms with van der Waals surface area (Å²) >= 11 is 0. The Morgan fingerprint density at radius 3 is 2.71 bits per heavy atom. The molecule has 0 radical (unpaired) electrons. The number of hydrogen-bond donors (Lipinski definition) is 0. The molecule has 0 spiro atoms. The zero-order chi connectivity index (χ0) is 12.5. The van der Waals surface area contributed by atoms with Crippen LogP contribution in [0, 0.1) is 0 Å². The third-order valence-corrected chi connectivity index (χ3v) is 2.33. The second-order valence-electron chi connectivity index (χ2n) is 3.77. The van der Waals surface area contributed by atoms with Crippen molar-refractivity contribution in [1.82, 2.24) is 4.90 Å². The SMILES string of the molecule is CN(CCCC=O)C(=O)OCc1ccccc1. The fraction of sp³-hybridized carbons (Fsp3) is 0.385. The highest BCUT2D eigenvalue weighted by Gasteiger charge is 2.09. The number of rotatable bonds is 6. The summed E-state index contributed by atoms with van der Waals surface area (Å²) in [6, 6.07) is 9.52. The van der Waals surface area contributed by atoms with E-state index in [4.69, 9.17) is 4.74 Å². The van der Waals surface area contributed by atoms with E-state index in [1.807, 2.05) is 30.3 Å². The third kappa shape index (κ3) is 5.15. The fourth-order valence-corrected chi connectivity index (χ4v) is 1.33. The molecule has 1 rings (SSSR count). The molecule has 0 bridgehead atoms. The Morgan fingerprint density at radius 2 is 2.06 bits per heavy atom. The second kappa shape index (κ2) is 7.44. The quantitative estimate of drug-likeness (QED) is 0.561. The van der Waals surface area contributed by atoms with Gasteiger partial charge in [0, 0.05) is 20.0 Å². The average molecular weight is 235 g/mol. The lowest BCUT2D eigenvalue weighted by molar-refractivity contribution is -0.108. The Hall–Kier alpha value is -1.84. The first-order valence-electron chi connectivity index (χ1n) is 5.59. The van der Waals surface area contributed by atoms with Gasteiger partial charge in [-0.1, -0.05) is 30.3 Å². The van der Waals surface area contributed by atoms with Crippen LogP contribution in [0.4, 0.5) is 4.79 Å². The molecular formula is C13H17NO3. The van der Waals surface area contributed by atoms with Crippen LogP contribution in [0.2, 0.25) is 0 Å². The van der Waals surface area contributed by atoms with Crippen molar-refractivity contribution < 1.29 is 14.3 Å². The standard InChI is InChI=1S/C13H17NO3/c1-14(9-5-6-10-15)13(16)17-11-12-7-3-2-4-8-12/h2-4,7-8,10H,5-6,9,11H2,1H3. The van der Waals surface area contributed by atoms with Gasteiger partial charge in [-0.3, -0.25) is 0 Å². The van der Waals surface area contributed by atoms with Crippen molar-refractivity contribution in [3.05, 3.63) is 35.9 Å². The van der Waals surface area contributed by atoms with Crippen molar-refractivity contribution in [2.75, 3.05) is 13.6 Å². The molecule has 0 saturated carbocycles. The molecule has 0 heterocycles. The number of nitrogens with zero attached hydrogens (tertiary/aromatic N) is 1. The van der Waals surface area contributed by atoms with Crippen LogP contribution in [-0.4, -0.2) is 30.9 Å². The zero-order valence-electron chi connectivity index (χ0n) is 9.96. The number of ether oxygens (including phenoxy) is 1. The van der Waals surface area contributed by atoms with Crippen LogP contribution in [0.3, 0.4) is 0 Å². The Kier molecular flexibility index (Phi) is 5.79. The van der Waals surface area contributed by atoms with Crippen LogP contribution >= 0.6 is 0 Å². The molecule has 1 amide bonds. The van der Waals surface area contributed by atoms with Gasteiger partial charge in [0.05, 0.1) is 0 Å². The molecule has 0 N–H and O–H groups in total. The van der Waals surface area contributed by atoms with E-state index in [0.29, 0.717) is 19.4 Å². The maximum Gasteiger partial charge on any atom is 0.409 e. The Bertz CT molecular complexity index is 351. The minimum atomic E-state index is -0.361. The van der Waals surface area contributed by atoms with Gasteiger partial charge in [0.15, 0.2) is 0 Å². The number of hydrogen-bond acceptors (Lipinski definition) is 3. The van der Waals surface area contributed by atoms with Crippen molar-refractivity contribution in [2.24, 2.45) is 0 Å². The molecule has 0 aliphatic carbocycles. The van der Waals surface area contributed by atoms with Crippen LogP contribution < -0.4 is 0 Å². The monoisotopic (exact) mass is 235 g/mol. The molecule has 0 saturated heterocycles. The topological polar surface area (TPSA) is 46.6 Å². The maximum atomic E-state index is 11.5. The summed E-state index contributed by atoms with van der Waals surface area (Å²) in [5.74, 6) is 0. The van der Waals surface area contributed by atoms with Gasteiger partial charge < -0.3 is 14.4 Å². The van der Waals surface area contributed by atoms with Crippen LogP contribution in [-0.2, 0) is 16.1 Å². The predicted molar refractivity (Wildman–Crippen MR) is 64.6 cm³/mol. The Labute approximate surface area is 101 Å². The first-order valence-corrected chi connectivity index (χ1v) is 5.59. The molecule has 0 unspecified atom stereocenters. The van der Waals surface area contributed by atoms with Crippen LogP contribution in [0.15, 0.2) is 30.3 Å². The summed E-state index contributed by atoms with van der Waals surface area (Å²) < 4.78 is 5.12. The fourth-order valence-electron chi connectivity index (χ4n) is 1.33. The molecule has 0 fully saturated rings. The molecule has 4 heteroatoms. The van der Waals surface area contributed by atoms with E-state index in [1.54, 1.807) is 7.05 Å². The summed E-state index contributed by atoms with van der Waals surface area (Å²) in [6.07, 6.45) is 1.62. The minimum absolute atomic E-state index is 0.275. The van der Waals surface area contributed by atoms with E-state index >= 15 is 0 Å². The predicted octanol–water partition coefficient (Wildman–Crippen LogP) is 2.23. The summed E-state index contributed by atoms with van der Waals surface area (Å²) in [7, 11) is 1.66. The van der Waals surface area contributed by atoms with Crippen molar-refractivity contribution in [3.8, 4) is 0 Å². The van der Waals surface area contributed by atoms with Crippen molar-refractivity contribution in [1.29, 1.82) is 0 Å². The van der Waals surface area contributed by atoms with Gasteiger partial charge in [0.25, 0.3) is 0 Å². The van der Waals surface area contributed by atoms with Gasteiger partial charge in [0.1, 0.15) is 12.9 Å². The van der Waals surface area contributed by atoms with Crippen LogP contribution in [0.5, 0.6) is 0 Å². The molecule has 17 heavy (non-hydrogen) atoms. The van der Waals surface area contributed by atoms with Gasteiger partial charge in [-0.25, -0.2) is 4.79 Å². The van der Waals surface area contributed by atoms with E-state index in [-0.39, 0.29) is 12.7 Å². The summed E-state index contributed by atoms with van der Waals surface area (Å²) in [5.41, 5.74) is 0.960. The number of carbonyl (C=O) groups is 2. The molecule has 0 atom stereocenters. The van der Waals surface area contributed by atoms with Crippen LogP contribution in [0.25, 0.3) is 0 Å². The van der Waals surface area contributed by atoms with E-state index < -0.39 is 0 Å². The normalized spacial score (nSPS) is 9.71. The zero-order valence-corrected chi connectivity index (χ0v) is 9.96. The van der Waals surface area contributed by atoms with E-state index in [2.05, 4.69) is 0 Å². The van der Waals surface area contributed by atoms with Crippen molar-refractivity contribution >= 4 is 12.4 Å². The molecular weight excluding hydrogens is 218 g/mol. The lowest BCUT2D eigenvalue weighted by Gasteiger charge is -2.16. The van der Waals surface area contributed by atoms with Gasteiger partial charge in [-0.05, 0) is 12.0 Å². The average Bonchev–Trinajstić information content (AvgIpc) is 2.37. The third-order valence-electron chi connectivity index (χ3n) is 2.33. The summed E-state index contributed by atoms with van der Waals surface area (Å²) in [4.78, 5) is 23.1. The molecule has 0 aromatic heterocycles. The number of amides is 1. The first kappa shape index (κ1) is 13.2. The molecule has 1 aromatic rings. The Morgan fingerprint density at radius 1 is 1.35 bits per heavy atom. The van der Waals surface area contributed by atoms with E-state index in [0.717, 1.165) is 11.8 Å². The van der Waals surface area contributed by atoms with Gasteiger partial charge in [0.2, 0.25) is 0 Å². The van der Waals surface area contributed by atoms with E-state index in [9.17, 15) is 9.59 Å². The summed E-state index contributed by atoms with van der Waals surface area (Å²) in [6.45, 7) is 0.810. The lowest BCUT2D eigenvalue weighted by Crippen LogP contribution is -2.28. The van der Waals surface area contributed by atoms with Crippen LogP contribution in [0.1, 0.15) is 18.4 Å². The highest BCUT2D eigenvalue weighted by Crippen LogP contribution is 2.02. The first-order chi connectivity index (χ1) is 8.24. The summed E-state index contributed by atoms with van der Waals surface area (Å²) in [5, 5.41) is 0. The molecule has 4 nitrogen and oxygen atoms in total. The van der Waals surface area contributed by atoms with Gasteiger partial charge in [-0.2, -0.15) is 0 Å². The molecule has 1 aromatic carbocycles. The number of unbranched alkanes of at least 4 members (excludes halogenated alkanes) is 1. The smallest absolute Gasteiger partial charge is 0.409 e. The van der Waals surface area contributed by atoms with Gasteiger partial charge >= 0.3 is 6.09 Å². The van der Waals surface area contributed by atoms with Gasteiger partial charge in [-0.15, -0.1) is 0 Å². The maximum absolute atomic E-state index is 11.5. The Balaban J connectivity index is 2.26. The lowest BCUT2D eigenvalue weighted by atomic mass is 10.2. The molecule has 0 aliphatic rings. The highest BCUT2D eigenvalue weighted by molar-refractivity contribution is 5.67. The minimum Gasteiger partial charge on any atom is -0.445 e. The molecule has 92 valence electrons. The van der Waals surface area contributed by atoms with Crippen molar-refractivity contribution in [3.63, 3.8) is 0 Å². The highest BCUT2D eigenvalue weighted by atomic mass is 16.6. The second-order valence-corrected chi connectivity index (χ2v) is 3.77. The van der Waals surface area contributed by atoms with E-state index in [1.165, 1.54) is 4.90 Å². The van der Waals surface area contributed by atoms with Crippen molar-refractivity contribution in [2.45, 2.75) is 19.4 Å². The number of aldehydes is 1. The molecule has 0 aliphatic heterocycles. The number of benzene rings is 1. The largest absolute Gasteiger partial charge is 0.445 e.